The molecule has 1 heterocycles. The highest BCUT2D eigenvalue weighted by Gasteiger charge is 2.27. The van der Waals surface area contributed by atoms with Crippen LogP contribution in [0.2, 0.25) is 0 Å². The average molecular weight is 228 g/mol. The summed E-state index contributed by atoms with van der Waals surface area (Å²) in [6.45, 7) is 16.0. The summed E-state index contributed by atoms with van der Waals surface area (Å²) in [6.07, 6.45) is 0.334. The molecule has 0 N–H and O–H groups in total. The van der Waals surface area contributed by atoms with Crippen LogP contribution in [0.1, 0.15) is 27.7 Å². The van der Waals surface area contributed by atoms with Gasteiger partial charge in [-0.2, -0.15) is 0 Å². The van der Waals surface area contributed by atoms with Crippen molar-refractivity contribution < 1.29 is 4.74 Å². The van der Waals surface area contributed by atoms with E-state index in [1.54, 1.807) is 0 Å². The Bertz CT molecular complexity index is 193. The van der Waals surface area contributed by atoms with E-state index in [-0.39, 0.29) is 5.41 Å². The lowest BCUT2D eigenvalue weighted by Crippen LogP contribution is -2.50. The molecule has 0 aromatic heterocycles. The van der Waals surface area contributed by atoms with Crippen LogP contribution in [0.3, 0.4) is 0 Å². The topological polar surface area (TPSA) is 15.7 Å². The van der Waals surface area contributed by atoms with Crippen LogP contribution in [0.25, 0.3) is 0 Å². The number of piperazine rings is 1. The van der Waals surface area contributed by atoms with Gasteiger partial charge in [0.1, 0.15) is 0 Å². The summed E-state index contributed by atoms with van der Waals surface area (Å²) in [5, 5.41) is 0. The van der Waals surface area contributed by atoms with Crippen LogP contribution in [-0.4, -0.2) is 62.3 Å². The third-order valence-corrected chi connectivity index (χ3v) is 3.59. The van der Waals surface area contributed by atoms with E-state index in [0.717, 1.165) is 6.54 Å². The maximum Gasteiger partial charge on any atom is 0.0746 e. The Morgan fingerprint density at radius 1 is 1.06 bits per heavy atom. The van der Waals surface area contributed by atoms with Crippen LogP contribution in [0.15, 0.2) is 0 Å². The smallest absolute Gasteiger partial charge is 0.0746 e. The highest BCUT2D eigenvalue weighted by atomic mass is 16.5. The van der Waals surface area contributed by atoms with Gasteiger partial charge in [-0.05, 0) is 12.0 Å². The van der Waals surface area contributed by atoms with Gasteiger partial charge in [-0.3, -0.25) is 4.90 Å². The summed E-state index contributed by atoms with van der Waals surface area (Å²) in [4.78, 5) is 5.04. The van der Waals surface area contributed by atoms with Crippen molar-refractivity contribution >= 4 is 0 Å². The van der Waals surface area contributed by atoms with Crippen molar-refractivity contribution in [3.8, 4) is 0 Å². The quantitative estimate of drug-likeness (QED) is 0.728. The molecule has 1 unspecified atom stereocenters. The fourth-order valence-electron chi connectivity index (χ4n) is 2.22. The van der Waals surface area contributed by atoms with E-state index in [1.807, 2.05) is 7.11 Å². The van der Waals surface area contributed by atoms with Gasteiger partial charge in [0.25, 0.3) is 0 Å². The van der Waals surface area contributed by atoms with E-state index in [9.17, 15) is 0 Å². The van der Waals surface area contributed by atoms with Gasteiger partial charge in [-0.25, -0.2) is 0 Å². The molecule has 1 atom stereocenters. The predicted molar refractivity (Wildman–Crippen MR) is 68.8 cm³/mol. The molecular weight excluding hydrogens is 200 g/mol. The van der Waals surface area contributed by atoms with Gasteiger partial charge in [-0.15, -0.1) is 0 Å². The van der Waals surface area contributed by atoms with Gasteiger partial charge >= 0.3 is 0 Å². The van der Waals surface area contributed by atoms with Crippen molar-refractivity contribution in [2.45, 2.75) is 33.8 Å². The Morgan fingerprint density at radius 3 is 1.94 bits per heavy atom. The number of hydrogen-bond acceptors (Lipinski definition) is 3. The third-order valence-electron chi connectivity index (χ3n) is 3.59. The van der Waals surface area contributed by atoms with Crippen molar-refractivity contribution in [2.75, 3.05) is 46.4 Å². The molecule has 0 radical (unpaired) electrons. The number of likely N-dealkylation sites (N-methyl/N-ethyl adjacent to an activating group) is 1. The standard InChI is InChI=1S/C13H28N2O/c1-6-14-7-9-15(10-8-14)11-12(16-5)13(2,3)4/h12H,6-11H2,1-5H3. The first-order valence-electron chi connectivity index (χ1n) is 6.45. The van der Waals surface area contributed by atoms with E-state index in [2.05, 4.69) is 37.5 Å². The largest absolute Gasteiger partial charge is 0.380 e. The molecule has 3 nitrogen and oxygen atoms in total. The second-order valence-corrected chi connectivity index (χ2v) is 5.83. The number of rotatable bonds is 4. The Balaban J connectivity index is 2.37. The predicted octanol–water partition coefficient (Wildman–Crippen LogP) is 1.68. The fourth-order valence-corrected chi connectivity index (χ4v) is 2.22. The van der Waals surface area contributed by atoms with Crippen LogP contribution in [0.4, 0.5) is 0 Å². The van der Waals surface area contributed by atoms with E-state index in [0.29, 0.717) is 6.10 Å². The minimum absolute atomic E-state index is 0.233. The lowest BCUT2D eigenvalue weighted by atomic mass is 9.88. The fraction of sp³-hybridized carbons (Fsp3) is 1.00. The Morgan fingerprint density at radius 2 is 1.56 bits per heavy atom. The summed E-state index contributed by atoms with van der Waals surface area (Å²) in [5.41, 5.74) is 0.233. The molecule has 96 valence electrons. The number of ether oxygens (including phenoxy) is 1. The highest BCUT2D eigenvalue weighted by Crippen LogP contribution is 2.22. The lowest BCUT2D eigenvalue weighted by Gasteiger charge is -2.38. The number of nitrogens with zero attached hydrogens (tertiary/aromatic N) is 2. The van der Waals surface area contributed by atoms with Gasteiger partial charge in [0, 0.05) is 39.8 Å². The van der Waals surface area contributed by atoms with E-state index in [1.165, 1.54) is 32.7 Å². The van der Waals surface area contributed by atoms with E-state index < -0.39 is 0 Å². The SMILES string of the molecule is CCN1CCN(CC(OC)C(C)(C)C)CC1. The zero-order valence-corrected chi connectivity index (χ0v) is 11.6. The highest BCUT2D eigenvalue weighted by molar-refractivity contribution is 4.80. The van der Waals surface area contributed by atoms with Crippen LogP contribution in [0, 0.1) is 5.41 Å². The first kappa shape index (κ1) is 13.9. The molecule has 0 aromatic carbocycles. The normalized spacial score (nSPS) is 22.3. The molecule has 3 heteroatoms. The molecule has 0 saturated carbocycles. The van der Waals surface area contributed by atoms with E-state index >= 15 is 0 Å². The minimum Gasteiger partial charge on any atom is -0.380 e. The molecule has 1 aliphatic rings. The molecule has 0 aliphatic carbocycles. The Hall–Kier alpha value is -0.120. The van der Waals surface area contributed by atoms with Gasteiger partial charge < -0.3 is 9.64 Å². The van der Waals surface area contributed by atoms with Crippen molar-refractivity contribution in [2.24, 2.45) is 5.41 Å². The Labute approximate surface area is 101 Å². The molecule has 1 aliphatic heterocycles. The molecule has 1 saturated heterocycles. The van der Waals surface area contributed by atoms with Gasteiger partial charge in [0.15, 0.2) is 0 Å². The molecule has 1 rings (SSSR count). The first-order valence-corrected chi connectivity index (χ1v) is 6.45. The second kappa shape index (κ2) is 5.99. The zero-order chi connectivity index (χ0) is 12.2. The summed E-state index contributed by atoms with van der Waals surface area (Å²) >= 11 is 0. The minimum atomic E-state index is 0.233. The van der Waals surface area contributed by atoms with Crippen LogP contribution < -0.4 is 0 Å². The third kappa shape index (κ3) is 4.04. The molecule has 0 spiro atoms. The van der Waals surface area contributed by atoms with Crippen LogP contribution in [-0.2, 0) is 4.74 Å². The van der Waals surface area contributed by atoms with Gasteiger partial charge in [0.05, 0.1) is 6.10 Å². The zero-order valence-electron chi connectivity index (χ0n) is 11.6. The summed E-state index contributed by atoms with van der Waals surface area (Å²) in [5.74, 6) is 0. The molecule has 1 fully saturated rings. The summed E-state index contributed by atoms with van der Waals surface area (Å²) < 4.78 is 5.62. The summed E-state index contributed by atoms with van der Waals surface area (Å²) in [7, 11) is 1.83. The van der Waals surface area contributed by atoms with Crippen molar-refractivity contribution in [3.05, 3.63) is 0 Å². The van der Waals surface area contributed by atoms with Crippen molar-refractivity contribution in [1.29, 1.82) is 0 Å². The molecule has 0 amide bonds. The average Bonchev–Trinajstić information content (AvgIpc) is 2.25. The molecule has 16 heavy (non-hydrogen) atoms. The van der Waals surface area contributed by atoms with Crippen LogP contribution >= 0.6 is 0 Å². The van der Waals surface area contributed by atoms with Gasteiger partial charge in [-0.1, -0.05) is 27.7 Å². The Kier molecular flexibility index (Phi) is 5.22. The summed E-state index contributed by atoms with van der Waals surface area (Å²) in [6, 6.07) is 0. The van der Waals surface area contributed by atoms with Crippen LogP contribution in [0.5, 0.6) is 0 Å². The number of hydrogen-bond donors (Lipinski definition) is 0. The van der Waals surface area contributed by atoms with E-state index in [4.69, 9.17) is 4.74 Å². The maximum atomic E-state index is 5.62. The van der Waals surface area contributed by atoms with Gasteiger partial charge in [0.2, 0.25) is 0 Å². The first-order chi connectivity index (χ1) is 7.47. The maximum absolute atomic E-state index is 5.62. The molecular formula is C13H28N2O. The van der Waals surface area contributed by atoms with Crippen molar-refractivity contribution in [3.63, 3.8) is 0 Å². The molecule has 0 bridgehead atoms. The second-order valence-electron chi connectivity index (χ2n) is 5.83. The van der Waals surface area contributed by atoms with Crippen molar-refractivity contribution in [1.82, 2.24) is 9.80 Å². The number of methoxy groups -OCH3 is 1. The monoisotopic (exact) mass is 228 g/mol. The molecule has 0 aromatic rings. The lowest BCUT2D eigenvalue weighted by molar-refractivity contribution is -0.0176.